The van der Waals surface area contributed by atoms with Gasteiger partial charge in [0.2, 0.25) is 0 Å². The number of carbonyl (C=O) groups excluding carboxylic acids is 1. The zero-order chi connectivity index (χ0) is 20.5. The van der Waals surface area contributed by atoms with Gasteiger partial charge in [0, 0.05) is 16.3 Å². The van der Waals surface area contributed by atoms with Gasteiger partial charge in [0.1, 0.15) is 0 Å². The number of nitrogens with zero attached hydrogens (tertiary/aromatic N) is 2. The zero-order valence-corrected chi connectivity index (χ0v) is 17.9. The lowest BCUT2D eigenvalue weighted by molar-refractivity contribution is 0.102. The molecule has 0 saturated carbocycles. The molecule has 4 nitrogen and oxygen atoms in total. The molecule has 1 N–H and O–H groups in total. The molecule has 0 spiro atoms. The molecule has 0 aliphatic rings. The Morgan fingerprint density at radius 2 is 1.70 bits per heavy atom. The quantitative estimate of drug-likeness (QED) is 0.323. The molecule has 7 heteroatoms. The molecular weight excluding hydrogens is 434 g/mol. The van der Waals surface area contributed by atoms with Crippen LogP contribution in [0.15, 0.2) is 78.2 Å². The van der Waals surface area contributed by atoms with E-state index in [4.69, 9.17) is 16.6 Å². The minimum atomic E-state index is -0.216. The summed E-state index contributed by atoms with van der Waals surface area (Å²) in [7, 11) is 0. The number of benzene rings is 2. The fraction of sp³-hybridized carbons (Fsp3) is 0. The lowest BCUT2D eigenvalue weighted by Gasteiger charge is -2.08. The number of nitrogens with one attached hydrogen (secondary N) is 1. The van der Waals surface area contributed by atoms with Gasteiger partial charge in [0.25, 0.3) is 5.91 Å². The Balaban J connectivity index is 1.51. The molecule has 0 fully saturated rings. The minimum absolute atomic E-state index is 0.216. The number of halogens is 1. The molecule has 0 atom stereocenters. The standard InChI is InChI=1S/C23H14ClN3OS2/c24-21-11-10-20(30-21)18-12-16(15-8-4-5-9-17(15)25-18)22(28)27-23-26-19(13-29-23)14-6-2-1-3-7-14/h1-13H,(H,26,27,28). The smallest absolute Gasteiger partial charge is 0.258 e. The first kappa shape index (κ1) is 18.9. The summed E-state index contributed by atoms with van der Waals surface area (Å²) in [6.07, 6.45) is 0. The van der Waals surface area contributed by atoms with E-state index < -0.39 is 0 Å². The first-order chi connectivity index (χ1) is 14.7. The Labute approximate surface area is 185 Å². The zero-order valence-electron chi connectivity index (χ0n) is 15.5. The number of para-hydroxylation sites is 1. The van der Waals surface area contributed by atoms with Crippen LogP contribution >= 0.6 is 34.3 Å². The molecule has 3 heterocycles. The van der Waals surface area contributed by atoms with Crippen molar-refractivity contribution in [1.82, 2.24) is 9.97 Å². The molecule has 5 rings (SSSR count). The van der Waals surface area contributed by atoms with Crippen LogP contribution in [-0.2, 0) is 0 Å². The molecule has 0 saturated heterocycles. The Morgan fingerprint density at radius 1 is 0.900 bits per heavy atom. The van der Waals surface area contributed by atoms with Gasteiger partial charge in [-0.3, -0.25) is 10.1 Å². The van der Waals surface area contributed by atoms with Crippen molar-refractivity contribution in [2.24, 2.45) is 0 Å². The number of hydrogen-bond donors (Lipinski definition) is 1. The van der Waals surface area contributed by atoms with Crippen molar-refractivity contribution in [2.45, 2.75) is 0 Å². The number of carbonyl (C=O) groups is 1. The Hall–Kier alpha value is -3.06. The number of hydrogen-bond acceptors (Lipinski definition) is 5. The maximum Gasteiger partial charge on any atom is 0.258 e. The van der Waals surface area contributed by atoms with E-state index in [2.05, 4.69) is 10.3 Å². The lowest BCUT2D eigenvalue weighted by atomic mass is 10.1. The van der Waals surface area contributed by atoms with Crippen LogP contribution in [0.4, 0.5) is 5.13 Å². The molecule has 0 bridgehead atoms. The van der Waals surface area contributed by atoms with Gasteiger partial charge in [-0.1, -0.05) is 60.1 Å². The first-order valence-corrected chi connectivity index (χ1v) is 11.2. The minimum Gasteiger partial charge on any atom is -0.298 e. The van der Waals surface area contributed by atoms with Crippen LogP contribution in [-0.4, -0.2) is 15.9 Å². The summed E-state index contributed by atoms with van der Waals surface area (Å²) in [6.45, 7) is 0. The number of pyridine rings is 1. The highest BCUT2D eigenvalue weighted by atomic mass is 35.5. The van der Waals surface area contributed by atoms with Gasteiger partial charge in [0.15, 0.2) is 5.13 Å². The molecule has 0 radical (unpaired) electrons. The fourth-order valence-electron chi connectivity index (χ4n) is 3.18. The number of amides is 1. The van der Waals surface area contributed by atoms with Crippen LogP contribution in [0.2, 0.25) is 4.34 Å². The van der Waals surface area contributed by atoms with E-state index in [1.807, 2.05) is 78.2 Å². The second kappa shape index (κ2) is 7.99. The van der Waals surface area contributed by atoms with E-state index in [1.165, 1.54) is 22.7 Å². The second-order valence-electron chi connectivity index (χ2n) is 6.53. The van der Waals surface area contributed by atoms with Crippen molar-refractivity contribution in [3.8, 4) is 21.8 Å². The maximum absolute atomic E-state index is 13.2. The number of aromatic nitrogens is 2. The van der Waals surface area contributed by atoms with E-state index >= 15 is 0 Å². The third-order valence-corrected chi connectivity index (χ3v) is 6.59. The summed E-state index contributed by atoms with van der Waals surface area (Å²) in [5.41, 5.74) is 3.88. The van der Waals surface area contributed by atoms with E-state index in [1.54, 1.807) is 0 Å². The van der Waals surface area contributed by atoms with Crippen LogP contribution in [0.1, 0.15) is 10.4 Å². The van der Waals surface area contributed by atoms with Gasteiger partial charge in [-0.25, -0.2) is 9.97 Å². The third kappa shape index (κ3) is 3.73. The third-order valence-electron chi connectivity index (χ3n) is 4.58. The molecule has 1 amide bonds. The van der Waals surface area contributed by atoms with Crippen molar-refractivity contribution in [1.29, 1.82) is 0 Å². The highest BCUT2D eigenvalue weighted by molar-refractivity contribution is 7.19. The monoisotopic (exact) mass is 447 g/mol. The van der Waals surface area contributed by atoms with Gasteiger partial charge in [-0.2, -0.15) is 0 Å². The summed E-state index contributed by atoms with van der Waals surface area (Å²) < 4.78 is 0.683. The summed E-state index contributed by atoms with van der Waals surface area (Å²) in [6, 6.07) is 23.1. The number of fused-ring (bicyclic) bond motifs is 1. The molecular formula is C23H14ClN3OS2. The van der Waals surface area contributed by atoms with Crippen molar-refractivity contribution in [2.75, 3.05) is 5.32 Å². The molecule has 2 aromatic carbocycles. The number of thiazole rings is 1. The van der Waals surface area contributed by atoms with Crippen molar-refractivity contribution in [3.63, 3.8) is 0 Å². The number of rotatable bonds is 4. The van der Waals surface area contributed by atoms with Crippen LogP contribution in [0.25, 0.3) is 32.7 Å². The Kier molecular flexibility index (Phi) is 5.04. The van der Waals surface area contributed by atoms with Crippen LogP contribution in [0.5, 0.6) is 0 Å². The number of thiophene rings is 1. The predicted molar refractivity (Wildman–Crippen MR) is 126 cm³/mol. The van der Waals surface area contributed by atoms with E-state index in [0.29, 0.717) is 15.0 Å². The van der Waals surface area contributed by atoms with Gasteiger partial charge in [0.05, 0.1) is 31.7 Å². The molecule has 0 unspecified atom stereocenters. The van der Waals surface area contributed by atoms with Crippen LogP contribution in [0.3, 0.4) is 0 Å². The average Bonchev–Trinajstić information content (AvgIpc) is 3.42. The summed E-state index contributed by atoms with van der Waals surface area (Å²) in [5.74, 6) is -0.216. The van der Waals surface area contributed by atoms with Gasteiger partial charge in [-0.05, 0) is 24.3 Å². The van der Waals surface area contributed by atoms with Gasteiger partial charge < -0.3 is 0 Å². The lowest BCUT2D eigenvalue weighted by Crippen LogP contribution is -2.13. The highest BCUT2D eigenvalue weighted by Gasteiger charge is 2.16. The van der Waals surface area contributed by atoms with E-state index in [9.17, 15) is 4.79 Å². The largest absolute Gasteiger partial charge is 0.298 e. The molecule has 30 heavy (non-hydrogen) atoms. The summed E-state index contributed by atoms with van der Waals surface area (Å²) in [4.78, 5) is 23.4. The molecule has 0 aliphatic carbocycles. The van der Waals surface area contributed by atoms with Crippen molar-refractivity contribution < 1.29 is 4.79 Å². The maximum atomic E-state index is 13.2. The average molecular weight is 448 g/mol. The fourth-order valence-corrected chi connectivity index (χ4v) is 4.90. The van der Waals surface area contributed by atoms with E-state index in [-0.39, 0.29) is 5.91 Å². The summed E-state index contributed by atoms with van der Waals surface area (Å²) in [5, 5.41) is 6.23. The topological polar surface area (TPSA) is 54.9 Å². The van der Waals surface area contributed by atoms with Crippen molar-refractivity contribution >= 4 is 56.2 Å². The van der Waals surface area contributed by atoms with Crippen molar-refractivity contribution in [3.05, 3.63) is 88.1 Å². The van der Waals surface area contributed by atoms with Crippen LogP contribution < -0.4 is 5.32 Å². The normalized spacial score (nSPS) is 11.0. The van der Waals surface area contributed by atoms with Gasteiger partial charge >= 0.3 is 0 Å². The molecule has 5 aromatic rings. The number of anilines is 1. The Bertz CT molecular complexity index is 1360. The molecule has 146 valence electrons. The molecule has 3 aromatic heterocycles. The summed E-state index contributed by atoms with van der Waals surface area (Å²) >= 11 is 8.93. The molecule has 0 aliphatic heterocycles. The van der Waals surface area contributed by atoms with Crippen LogP contribution in [0, 0.1) is 0 Å². The SMILES string of the molecule is O=C(Nc1nc(-c2ccccc2)cs1)c1cc(-c2ccc(Cl)s2)nc2ccccc12. The predicted octanol–water partition coefficient (Wildman–Crippen LogP) is 6.99. The van der Waals surface area contributed by atoms with E-state index in [0.717, 1.165) is 32.7 Å². The van der Waals surface area contributed by atoms with Gasteiger partial charge in [-0.15, -0.1) is 22.7 Å². The Morgan fingerprint density at radius 3 is 2.50 bits per heavy atom. The second-order valence-corrected chi connectivity index (χ2v) is 9.11. The highest BCUT2D eigenvalue weighted by Crippen LogP contribution is 2.33. The first-order valence-electron chi connectivity index (χ1n) is 9.15.